The fraction of sp³-hybridized carbons (Fsp3) is 0.800. The maximum absolute atomic E-state index is 11.5. The fourth-order valence-electron chi connectivity index (χ4n) is 1.37. The molecule has 1 aliphatic heterocycles. The SMILES string of the molecule is CC(C)(C)OC(=O)N1CCC(O)(C#N)C1. The van der Waals surface area contributed by atoms with Gasteiger partial charge >= 0.3 is 6.09 Å². The van der Waals surface area contributed by atoms with E-state index in [-0.39, 0.29) is 13.0 Å². The summed E-state index contributed by atoms with van der Waals surface area (Å²) in [6.45, 7) is 5.71. The molecule has 0 radical (unpaired) electrons. The number of amides is 1. The van der Waals surface area contributed by atoms with Gasteiger partial charge in [0.2, 0.25) is 0 Å². The Bertz CT molecular complexity index is 303. The lowest BCUT2D eigenvalue weighted by molar-refractivity contribution is 0.0237. The van der Waals surface area contributed by atoms with E-state index in [1.165, 1.54) is 4.90 Å². The highest BCUT2D eigenvalue weighted by molar-refractivity contribution is 5.68. The second-order valence-electron chi connectivity index (χ2n) is 4.80. The number of likely N-dealkylation sites (tertiary alicyclic amines) is 1. The van der Waals surface area contributed by atoms with Crippen molar-refractivity contribution in [3.05, 3.63) is 0 Å². The molecule has 1 N–H and O–H groups in total. The first kappa shape index (κ1) is 11.8. The van der Waals surface area contributed by atoms with Crippen molar-refractivity contribution in [2.75, 3.05) is 13.1 Å². The van der Waals surface area contributed by atoms with Crippen LogP contribution in [0.4, 0.5) is 4.79 Å². The summed E-state index contributed by atoms with van der Waals surface area (Å²) in [7, 11) is 0. The molecule has 0 aromatic rings. The average molecular weight is 212 g/mol. The van der Waals surface area contributed by atoms with E-state index in [0.717, 1.165) is 0 Å². The number of rotatable bonds is 0. The van der Waals surface area contributed by atoms with Crippen LogP contribution in [0, 0.1) is 11.3 Å². The molecular weight excluding hydrogens is 196 g/mol. The molecule has 1 rings (SSSR count). The van der Waals surface area contributed by atoms with E-state index in [2.05, 4.69) is 0 Å². The van der Waals surface area contributed by atoms with Gasteiger partial charge in [-0.15, -0.1) is 0 Å². The number of carbonyl (C=O) groups is 1. The lowest BCUT2D eigenvalue weighted by atomic mass is 10.1. The molecule has 1 unspecified atom stereocenters. The number of ether oxygens (including phenoxy) is 1. The summed E-state index contributed by atoms with van der Waals surface area (Å²) in [5.41, 5.74) is -1.96. The zero-order valence-corrected chi connectivity index (χ0v) is 9.28. The average Bonchev–Trinajstić information content (AvgIpc) is 2.46. The van der Waals surface area contributed by atoms with E-state index in [0.29, 0.717) is 6.54 Å². The molecule has 84 valence electrons. The van der Waals surface area contributed by atoms with Crippen molar-refractivity contribution in [1.29, 1.82) is 5.26 Å². The van der Waals surface area contributed by atoms with Crippen LogP contribution >= 0.6 is 0 Å². The Kier molecular flexibility index (Phi) is 2.91. The van der Waals surface area contributed by atoms with Crippen LogP contribution in [0.15, 0.2) is 0 Å². The standard InChI is InChI=1S/C10H16N2O3/c1-9(2,3)15-8(13)12-5-4-10(14,6-11)7-12/h14H,4-5,7H2,1-3H3. The lowest BCUT2D eigenvalue weighted by Crippen LogP contribution is -2.38. The maximum atomic E-state index is 11.5. The zero-order chi connectivity index (χ0) is 11.7. The Morgan fingerprint density at radius 2 is 2.20 bits per heavy atom. The molecule has 5 heteroatoms. The summed E-state index contributed by atoms with van der Waals surface area (Å²) in [6.07, 6.45) is -0.198. The molecule has 0 bridgehead atoms. The van der Waals surface area contributed by atoms with E-state index in [4.69, 9.17) is 10.00 Å². The molecule has 1 atom stereocenters. The highest BCUT2D eigenvalue weighted by Crippen LogP contribution is 2.22. The van der Waals surface area contributed by atoms with Crippen molar-refractivity contribution in [3.8, 4) is 6.07 Å². The van der Waals surface area contributed by atoms with Crippen molar-refractivity contribution in [3.63, 3.8) is 0 Å². The van der Waals surface area contributed by atoms with E-state index in [1.807, 2.05) is 0 Å². The molecule has 5 nitrogen and oxygen atoms in total. The minimum Gasteiger partial charge on any atom is -0.444 e. The summed E-state index contributed by atoms with van der Waals surface area (Å²) in [4.78, 5) is 12.9. The van der Waals surface area contributed by atoms with Gasteiger partial charge in [-0.25, -0.2) is 4.79 Å². The predicted molar refractivity (Wildman–Crippen MR) is 53.0 cm³/mol. The van der Waals surface area contributed by atoms with Gasteiger partial charge in [-0.3, -0.25) is 0 Å². The summed E-state index contributed by atoms with van der Waals surface area (Å²) in [5.74, 6) is 0. The summed E-state index contributed by atoms with van der Waals surface area (Å²) in [6, 6.07) is 1.79. The molecule has 0 aromatic heterocycles. The van der Waals surface area contributed by atoms with Crippen molar-refractivity contribution < 1.29 is 14.6 Å². The first-order chi connectivity index (χ1) is 6.76. The van der Waals surface area contributed by atoms with Crippen molar-refractivity contribution in [2.45, 2.75) is 38.4 Å². The lowest BCUT2D eigenvalue weighted by Gasteiger charge is -2.24. The summed E-state index contributed by atoms with van der Waals surface area (Å²) in [5, 5.41) is 18.3. The maximum Gasteiger partial charge on any atom is 0.410 e. The number of nitriles is 1. The van der Waals surface area contributed by atoms with Crippen LogP contribution < -0.4 is 0 Å². The second-order valence-corrected chi connectivity index (χ2v) is 4.80. The smallest absolute Gasteiger partial charge is 0.410 e. The Balaban J connectivity index is 2.56. The Hall–Kier alpha value is -1.28. The van der Waals surface area contributed by atoms with E-state index in [9.17, 15) is 9.90 Å². The van der Waals surface area contributed by atoms with Gasteiger partial charge in [0.15, 0.2) is 5.60 Å². The molecule has 1 heterocycles. The molecule has 0 aliphatic carbocycles. The zero-order valence-electron chi connectivity index (χ0n) is 9.28. The van der Waals surface area contributed by atoms with Crippen molar-refractivity contribution in [1.82, 2.24) is 4.90 Å². The van der Waals surface area contributed by atoms with E-state index >= 15 is 0 Å². The number of nitrogens with zero attached hydrogens (tertiary/aromatic N) is 2. The number of β-amino-alcohol motifs (C(OH)–C–C–N with tert-alkyl or cyclic N) is 1. The fourth-order valence-corrected chi connectivity index (χ4v) is 1.37. The third kappa shape index (κ3) is 3.10. The van der Waals surface area contributed by atoms with Crippen molar-refractivity contribution in [2.24, 2.45) is 0 Å². The largest absolute Gasteiger partial charge is 0.444 e. The number of hydrogen-bond donors (Lipinski definition) is 1. The molecule has 15 heavy (non-hydrogen) atoms. The normalized spacial score (nSPS) is 26.2. The van der Waals surface area contributed by atoms with E-state index in [1.54, 1.807) is 26.8 Å². The molecular formula is C10H16N2O3. The monoisotopic (exact) mass is 212 g/mol. The van der Waals surface area contributed by atoms with Gasteiger partial charge in [0.1, 0.15) is 5.60 Å². The van der Waals surface area contributed by atoms with Gasteiger partial charge in [0.25, 0.3) is 0 Å². The molecule has 0 aromatic carbocycles. The summed E-state index contributed by atoms with van der Waals surface area (Å²) >= 11 is 0. The van der Waals surface area contributed by atoms with Gasteiger partial charge in [-0.2, -0.15) is 5.26 Å². The predicted octanol–water partition coefficient (Wildman–Crippen LogP) is 0.882. The third-order valence-corrected chi connectivity index (χ3v) is 2.11. The van der Waals surface area contributed by atoms with Crippen LogP contribution in [-0.2, 0) is 4.74 Å². The van der Waals surface area contributed by atoms with Crippen LogP contribution in [0.1, 0.15) is 27.2 Å². The van der Waals surface area contributed by atoms with Crippen LogP contribution in [0.25, 0.3) is 0 Å². The molecule has 0 saturated carbocycles. The molecule has 1 fully saturated rings. The van der Waals surface area contributed by atoms with Gasteiger partial charge in [-0.05, 0) is 20.8 Å². The first-order valence-electron chi connectivity index (χ1n) is 4.87. The topological polar surface area (TPSA) is 73.6 Å². The molecule has 1 aliphatic rings. The van der Waals surface area contributed by atoms with Crippen LogP contribution in [0.2, 0.25) is 0 Å². The minimum atomic E-state index is -1.41. The Morgan fingerprint density at radius 3 is 2.60 bits per heavy atom. The second kappa shape index (κ2) is 3.70. The van der Waals surface area contributed by atoms with Crippen LogP contribution in [-0.4, -0.2) is 40.4 Å². The van der Waals surface area contributed by atoms with Gasteiger partial charge < -0.3 is 14.7 Å². The molecule has 1 saturated heterocycles. The van der Waals surface area contributed by atoms with Gasteiger partial charge in [0, 0.05) is 13.0 Å². The van der Waals surface area contributed by atoms with Gasteiger partial charge in [-0.1, -0.05) is 0 Å². The van der Waals surface area contributed by atoms with Gasteiger partial charge in [0.05, 0.1) is 12.6 Å². The number of aliphatic hydroxyl groups is 1. The highest BCUT2D eigenvalue weighted by Gasteiger charge is 2.39. The number of carbonyl (C=O) groups excluding carboxylic acids is 1. The first-order valence-corrected chi connectivity index (χ1v) is 4.87. The quantitative estimate of drug-likeness (QED) is 0.605. The molecule has 1 amide bonds. The van der Waals surface area contributed by atoms with Crippen molar-refractivity contribution >= 4 is 6.09 Å². The van der Waals surface area contributed by atoms with Crippen LogP contribution in [0.5, 0.6) is 0 Å². The number of hydrogen-bond acceptors (Lipinski definition) is 4. The highest BCUT2D eigenvalue weighted by atomic mass is 16.6. The third-order valence-electron chi connectivity index (χ3n) is 2.11. The Labute approximate surface area is 89.2 Å². The van der Waals surface area contributed by atoms with Crippen LogP contribution in [0.3, 0.4) is 0 Å². The Morgan fingerprint density at radius 1 is 1.60 bits per heavy atom. The summed E-state index contributed by atoms with van der Waals surface area (Å²) < 4.78 is 5.13. The minimum absolute atomic E-state index is 0.0262. The molecule has 0 spiro atoms. The van der Waals surface area contributed by atoms with E-state index < -0.39 is 17.3 Å².